The largest absolute Gasteiger partial charge is 0.508 e. The van der Waals surface area contributed by atoms with Gasteiger partial charge >= 0.3 is 5.97 Å². The number of Topliss-reactive ketones (excluding diaryl/α,β-unsaturated/α-hetero) is 10. The molecule has 574 valence electrons. The van der Waals surface area contributed by atoms with Crippen LogP contribution < -0.4 is 70.1 Å². The van der Waals surface area contributed by atoms with Gasteiger partial charge in [0.15, 0.2) is 5.78 Å². The van der Waals surface area contributed by atoms with E-state index in [1.165, 1.54) is 55.5 Å². The van der Waals surface area contributed by atoms with Crippen LogP contribution in [-0.2, 0) is 94.3 Å². The summed E-state index contributed by atoms with van der Waals surface area (Å²) in [7, 11) is 0.669. The average Bonchev–Trinajstić information content (AvgIpc) is 1.68. The first-order chi connectivity index (χ1) is 49.2. The van der Waals surface area contributed by atoms with Crippen molar-refractivity contribution < 1.29 is 107 Å². The van der Waals surface area contributed by atoms with Crippen LogP contribution in [0.3, 0.4) is 0 Å². The number of rotatable bonds is 53. The topological polar surface area (TPSA) is 565 Å². The molecule has 1 aliphatic rings. The summed E-state index contributed by atoms with van der Waals surface area (Å²) in [4.78, 5) is 225. The molecule has 0 spiro atoms. The lowest BCUT2D eigenvalue weighted by Crippen LogP contribution is -2.62. The van der Waals surface area contributed by atoms with Crippen LogP contribution in [-0.4, -0.2) is 269 Å². The molecule has 6 amide bonds. The molecule has 1 saturated heterocycles. The first-order valence-electron chi connectivity index (χ1n) is 31.7. The number of primary amides is 1. The van der Waals surface area contributed by atoms with E-state index in [0.29, 0.717) is 28.3 Å². The van der Waals surface area contributed by atoms with Crippen LogP contribution in [0, 0.1) is 0 Å². The number of hydrogen-bond acceptors (Lipinski definition) is 36. The minimum Gasteiger partial charge on any atom is -0.508 e. The maximum atomic E-state index is 14.1. The third kappa shape index (κ3) is 29.8. The number of benzene rings is 2. The lowest BCUT2D eigenvalue weighted by Gasteiger charge is -2.27. The van der Waals surface area contributed by atoms with Crippen LogP contribution in [0.4, 0.5) is 0 Å². The fourth-order valence-electron chi connectivity index (χ4n) is 9.73. The number of aliphatic hydroxyl groups excluding tert-OH is 1. The normalized spacial score (nSPS) is 16.3. The monoisotopic (exact) mass is 1590 g/mol. The lowest BCUT2D eigenvalue weighted by atomic mass is 9.98. The summed E-state index contributed by atoms with van der Waals surface area (Å²) in [6, 6.07) is -6.85. The number of aliphatic hydroxyl groups is 1. The second kappa shape index (κ2) is 46.9. The van der Waals surface area contributed by atoms with Gasteiger partial charge in [0.1, 0.15) is 53.8 Å². The zero-order valence-corrected chi connectivity index (χ0v) is 62.1. The Morgan fingerprint density at radius 3 is 1.55 bits per heavy atom. The minimum atomic E-state index is -1.75. The number of carboxylic acid groups (broad SMARTS) is 1. The molecule has 0 aliphatic carbocycles. The van der Waals surface area contributed by atoms with Crippen LogP contribution in [0.15, 0.2) is 48.5 Å². The van der Waals surface area contributed by atoms with E-state index >= 15 is 0 Å². The summed E-state index contributed by atoms with van der Waals surface area (Å²) in [5.74, 6) is -21.7. The second-order valence-corrected chi connectivity index (χ2v) is 26.6. The number of likely N-dealkylation sites (tertiary alicyclic amines) is 1. The number of aromatic hydroxyl groups is 2. The van der Waals surface area contributed by atoms with Gasteiger partial charge in [0.25, 0.3) is 5.78 Å². The molecule has 43 heteroatoms. The zero-order chi connectivity index (χ0) is 78.1. The minimum absolute atomic E-state index is 0.0608. The van der Waals surface area contributed by atoms with Gasteiger partial charge in [0, 0.05) is 48.4 Å². The molecule has 36 nitrogen and oxygen atoms in total. The summed E-state index contributed by atoms with van der Waals surface area (Å²) >= 11 is 24.4. The SMILES string of the molecule is C[C@H](NCN1CCC[C@H]1C(=O)C(=O)[C@H](CC(N)=O)NN[C@@H](CS)C(=O)C(=O)[C@H](CS)NC(=O)[C@H](Cc1ccc(O)cc1)NN[C@@H](CCC(=O)O)C(=O)N[C@@H](CS)C(=O)C(=O)C(=O)CSS)C(=O)CN[C@@H](CS)C(=O)N[C@H](C(=O)NCC(=O)N[C@@H](CS)C(=O)C(=O)[C@H](Cc1ccc(O)cc1)NO)[C@@H](C)O. The van der Waals surface area contributed by atoms with Crippen molar-refractivity contribution in [3.63, 3.8) is 0 Å². The Morgan fingerprint density at radius 2 is 1.04 bits per heavy atom. The third-order valence-electron chi connectivity index (χ3n) is 15.7. The maximum Gasteiger partial charge on any atom is 0.303 e. The summed E-state index contributed by atoms with van der Waals surface area (Å²) in [5, 5.41) is 66.1. The van der Waals surface area contributed by atoms with E-state index in [0.717, 1.165) is 6.92 Å². The van der Waals surface area contributed by atoms with Crippen molar-refractivity contribution in [2.24, 2.45) is 5.73 Å². The number of phenols is 2. The second-order valence-electron chi connectivity index (χ2n) is 23.4. The number of nitrogens with one attached hydrogen (secondary N) is 12. The zero-order valence-electron chi connectivity index (χ0n) is 55.9. The molecule has 1 heterocycles. The number of phenolic OH excluding ortho intramolecular Hbond substituents is 2. The first kappa shape index (κ1) is 91.3. The third-order valence-corrected chi connectivity index (χ3v) is 18.3. The molecule has 13 atom stereocenters. The predicted octanol–water partition coefficient (Wildman–Crippen LogP) is -6.65. The Hall–Kier alpha value is -6.92. The number of hydrazine groups is 2. The van der Waals surface area contributed by atoms with Crippen LogP contribution in [0.2, 0.25) is 0 Å². The van der Waals surface area contributed by atoms with Gasteiger partial charge in [0.05, 0.1) is 61.6 Å². The van der Waals surface area contributed by atoms with Gasteiger partial charge in [-0.1, -0.05) is 35.1 Å². The van der Waals surface area contributed by atoms with Crippen molar-refractivity contribution >= 4 is 185 Å². The highest BCUT2D eigenvalue weighted by Gasteiger charge is 2.41. The smallest absolute Gasteiger partial charge is 0.303 e. The number of amides is 6. The number of nitrogens with zero attached hydrogens (tertiary/aromatic N) is 1. The van der Waals surface area contributed by atoms with Crippen molar-refractivity contribution in [2.75, 3.05) is 60.8 Å². The standard InChI is InChI=1S/C61H86N14O22S7/c1-28(44(79)19-63-42(25-102)60(95)69-49(29(2)76)61(96)64-20-47(82)66-38(21-98)52(87)51(86)36(74-97)16-30-5-9-32(77)10-6-30)65-27-75-15-3-4-43(75)56(91)50(85)35(18-46(62)81)71-73-41(24-101)55(90)53(88)39(22-99)68-59(94)37(17-31-7-11-33(78)12-8-31)72-70-34(13-14-48(83)84)58(93)67-40(23-100)54(89)57(92)45(80)26-104-103/h5-12,28-29,34-43,49,63,65,70-74,76-78,97-103H,3-4,13-27H2,1-2H3,(H2,62,81)(H,64,96)(H,66,82)(H,67,93)(H,68,94)(H,69,95)(H,83,84)/t28-,29+,34-,35-,36-,37-,38-,39-,40-,41-,42-,43-,49-/m0/s1. The van der Waals surface area contributed by atoms with Gasteiger partial charge in [-0.25, -0.2) is 21.7 Å². The maximum absolute atomic E-state index is 14.1. The number of carbonyl (C=O) groups excluding carboxylic acids is 16. The Balaban J connectivity index is 1.63. The number of nitrogens with two attached hydrogens (primary N) is 1. The van der Waals surface area contributed by atoms with E-state index in [9.17, 15) is 107 Å². The molecule has 1 fully saturated rings. The number of hydroxylamine groups is 1. The Labute approximate surface area is 632 Å². The first-order valence-corrected chi connectivity index (χ1v) is 36.9. The number of hydrogen-bond donors (Lipinski definition) is 24. The molecule has 3 rings (SSSR count). The highest BCUT2D eigenvalue weighted by Crippen LogP contribution is 2.20. The number of carbonyl (C=O) groups is 17. The van der Waals surface area contributed by atoms with E-state index in [1.54, 1.807) is 10.4 Å². The van der Waals surface area contributed by atoms with E-state index < -0.39 is 233 Å². The number of ketones is 10. The molecule has 2 aromatic rings. The van der Waals surface area contributed by atoms with Crippen molar-refractivity contribution in [1.82, 2.24) is 69.3 Å². The molecule has 0 unspecified atom stereocenters. The van der Waals surface area contributed by atoms with Crippen molar-refractivity contribution in [2.45, 2.75) is 137 Å². The summed E-state index contributed by atoms with van der Waals surface area (Å²) in [6.45, 7) is 1.42. The van der Waals surface area contributed by atoms with Crippen molar-refractivity contribution in [1.29, 1.82) is 0 Å². The molecule has 0 radical (unpaired) electrons. The highest BCUT2D eigenvalue weighted by atomic mass is 33.1. The molecule has 104 heavy (non-hydrogen) atoms. The summed E-state index contributed by atoms with van der Waals surface area (Å²) < 4.78 is 0. The van der Waals surface area contributed by atoms with Gasteiger partial charge in [-0.15, -0.1) is 11.7 Å². The van der Waals surface area contributed by atoms with Crippen LogP contribution >= 0.6 is 85.6 Å². The van der Waals surface area contributed by atoms with Crippen LogP contribution in [0.25, 0.3) is 0 Å². The molecule has 0 aromatic heterocycles. The molecular formula is C61H86N14O22S7. The van der Waals surface area contributed by atoms with Gasteiger partial charge in [-0.3, -0.25) is 97.0 Å². The summed E-state index contributed by atoms with van der Waals surface area (Å²) in [6.07, 6.45) is -3.46. The highest BCUT2D eigenvalue weighted by molar-refractivity contribution is 8.68. The van der Waals surface area contributed by atoms with Gasteiger partial charge in [-0.05, 0) is 81.3 Å². The number of thiol groups is 6. The fourth-order valence-corrected chi connectivity index (χ4v) is 11.7. The molecule has 19 N–H and O–H groups in total. The van der Waals surface area contributed by atoms with Crippen LogP contribution in [0.1, 0.15) is 57.1 Å². The van der Waals surface area contributed by atoms with Crippen molar-refractivity contribution in [3.8, 4) is 11.5 Å². The van der Waals surface area contributed by atoms with Crippen LogP contribution in [0.5, 0.6) is 11.5 Å². The molecule has 0 saturated carbocycles. The Bertz CT molecular complexity index is 3400. The molecular weight excluding hydrogens is 1510 g/mol. The van der Waals surface area contributed by atoms with E-state index in [1.807, 2.05) is 0 Å². The van der Waals surface area contributed by atoms with E-state index in [2.05, 4.69) is 134 Å². The van der Waals surface area contributed by atoms with Gasteiger partial charge in [-0.2, -0.15) is 68.6 Å². The predicted molar refractivity (Wildman–Crippen MR) is 393 cm³/mol. The number of carboxylic acids is 1. The molecule has 0 bridgehead atoms. The Morgan fingerprint density at radius 1 is 0.567 bits per heavy atom. The fraction of sp³-hybridized carbons (Fsp3) is 0.525. The quantitative estimate of drug-likeness (QED) is 0.00962. The average molecular weight is 1590 g/mol. The number of aliphatic carboxylic acids is 1. The van der Waals surface area contributed by atoms with Gasteiger partial charge < -0.3 is 58.0 Å². The molecule has 2 aromatic carbocycles. The lowest BCUT2D eigenvalue weighted by molar-refractivity contribution is -0.144. The molecule has 1 aliphatic heterocycles. The van der Waals surface area contributed by atoms with E-state index in [-0.39, 0.29) is 55.5 Å². The van der Waals surface area contributed by atoms with E-state index in [4.69, 9.17) is 5.73 Å². The summed E-state index contributed by atoms with van der Waals surface area (Å²) in [5.41, 5.74) is 18.1. The Kier molecular flexibility index (Phi) is 41.2. The van der Waals surface area contributed by atoms with Crippen molar-refractivity contribution in [3.05, 3.63) is 59.7 Å². The van der Waals surface area contributed by atoms with Gasteiger partial charge in [0.2, 0.25) is 81.7 Å².